The van der Waals surface area contributed by atoms with Gasteiger partial charge in [-0.2, -0.15) is 0 Å². The van der Waals surface area contributed by atoms with Gasteiger partial charge in [0.25, 0.3) is 0 Å². The van der Waals surface area contributed by atoms with Crippen LogP contribution in [0.1, 0.15) is 64.4 Å². The molecule has 2 unspecified atom stereocenters. The summed E-state index contributed by atoms with van der Waals surface area (Å²) in [4.78, 5) is 12.0. The summed E-state index contributed by atoms with van der Waals surface area (Å²) in [7, 11) is 0. The number of hydrogen-bond donors (Lipinski definition) is 1. The molecule has 1 aromatic heterocycles. The lowest BCUT2D eigenvalue weighted by Crippen LogP contribution is -2.30. The zero-order chi connectivity index (χ0) is 15.0. The molecule has 1 N–H and O–H groups in total. The molecular weight excluding hydrogens is 260 g/mol. The standard InChI is InChI=1S/C17H28N4/c1-11(2)17-19-9-16(21-10-12(3)7-13(21)4)15(20-17)8-18-14-5-6-14/h9,11-14,18H,5-8,10H2,1-4H3. The van der Waals surface area contributed by atoms with Gasteiger partial charge in [-0.25, -0.2) is 9.97 Å². The number of rotatable bonds is 5. The molecule has 116 valence electrons. The van der Waals surface area contributed by atoms with Gasteiger partial charge in [0.05, 0.1) is 17.6 Å². The van der Waals surface area contributed by atoms with Gasteiger partial charge in [0.2, 0.25) is 0 Å². The van der Waals surface area contributed by atoms with E-state index in [9.17, 15) is 0 Å². The number of hydrogen-bond acceptors (Lipinski definition) is 4. The van der Waals surface area contributed by atoms with Gasteiger partial charge in [-0.05, 0) is 32.1 Å². The first-order valence-electron chi connectivity index (χ1n) is 8.40. The van der Waals surface area contributed by atoms with E-state index in [-0.39, 0.29) is 0 Å². The summed E-state index contributed by atoms with van der Waals surface area (Å²) in [5.74, 6) is 2.11. The predicted octanol–water partition coefficient (Wildman–Crippen LogP) is 3.09. The molecule has 1 saturated carbocycles. The summed E-state index contributed by atoms with van der Waals surface area (Å²) in [6.45, 7) is 11.0. The van der Waals surface area contributed by atoms with Gasteiger partial charge in [0.15, 0.2) is 0 Å². The second-order valence-electron chi connectivity index (χ2n) is 7.21. The topological polar surface area (TPSA) is 41.1 Å². The van der Waals surface area contributed by atoms with Gasteiger partial charge in [0, 0.05) is 31.1 Å². The van der Waals surface area contributed by atoms with Crippen molar-refractivity contribution in [3.63, 3.8) is 0 Å². The van der Waals surface area contributed by atoms with Gasteiger partial charge in [-0.1, -0.05) is 20.8 Å². The molecule has 2 aliphatic rings. The monoisotopic (exact) mass is 288 g/mol. The highest BCUT2D eigenvalue weighted by atomic mass is 15.2. The Morgan fingerprint density at radius 1 is 1.33 bits per heavy atom. The Morgan fingerprint density at radius 2 is 2.10 bits per heavy atom. The van der Waals surface area contributed by atoms with Crippen molar-refractivity contribution in [3.05, 3.63) is 17.7 Å². The second kappa shape index (κ2) is 5.91. The third-order valence-corrected chi connectivity index (χ3v) is 4.61. The van der Waals surface area contributed by atoms with E-state index in [0.717, 1.165) is 24.8 Å². The summed E-state index contributed by atoms with van der Waals surface area (Å²) in [5.41, 5.74) is 2.42. The minimum Gasteiger partial charge on any atom is -0.366 e. The van der Waals surface area contributed by atoms with Crippen LogP contribution in [0.3, 0.4) is 0 Å². The first kappa shape index (κ1) is 14.8. The van der Waals surface area contributed by atoms with Gasteiger partial charge >= 0.3 is 0 Å². The van der Waals surface area contributed by atoms with Crippen LogP contribution in [0.5, 0.6) is 0 Å². The average molecular weight is 288 g/mol. The lowest BCUT2D eigenvalue weighted by molar-refractivity contribution is 0.624. The molecule has 3 rings (SSSR count). The summed E-state index contributed by atoms with van der Waals surface area (Å²) >= 11 is 0. The van der Waals surface area contributed by atoms with E-state index >= 15 is 0 Å². The molecule has 1 aromatic rings. The highest BCUT2D eigenvalue weighted by molar-refractivity contribution is 5.51. The maximum absolute atomic E-state index is 4.86. The van der Waals surface area contributed by atoms with Crippen LogP contribution in [0, 0.1) is 5.92 Å². The smallest absolute Gasteiger partial charge is 0.131 e. The minimum atomic E-state index is 0.383. The van der Waals surface area contributed by atoms with Crippen molar-refractivity contribution in [2.75, 3.05) is 11.4 Å². The normalized spacial score (nSPS) is 25.9. The molecule has 1 aliphatic carbocycles. The SMILES string of the molecule is CC1CC(C)N(c2cnc(C(C)C)nc2CNC2CC2)C1. The van der Waals surface area contributed by atoms with Gasteiger partial charge in [-0.15, -0.1) is 0 Å². The lowest BCUT2D eigenvalue weighted by atomic mass is 10.1. The Hall–Kier alpha value is -1.16. The summed E-state index contributed by atoms with van der Waals surface area (Å²) in [5, 5.41) is 3.61. The van der Waals surface area contributed by atoms with Gasteiger partial charge in [0.1, 0.15) is 5.82 Å². The first-order valence-corrected chi connectivity index (χ1v) is 8.40. The van der Waals surface area contributed by atoms with Gasteiger partial charge < -0.3 is 10.2 Å². The highest BCUT2D eigenvalue weighted by Crippen LogP contribution is 2.31. The molecule has 0 spiro atoms. The van der Waals surface area contributed by atoms with Crippen molar-refractivity contribution >= 4 is 5.69 Å². The van der Waals surface area contributed by atoms with Crippen molar-refractivity contribution in [2.45, 2.75) is 71.5 Å². The van der Waals surface area contributed by atoms with Crippen LogP contribution >= 0.6 is 0 Å². The predicted molar refractivity (Wildman–Crippen MR) is 86.6 cm³/mol. The number of anilines is 1. The lowest BCUT2D eigenvalue weighted by Gasteiger charge is -2.26. The maximum atomic E-state index is 4.86. The van der Waals surface area contributed by atoms with E-state index in [2.05, 4.69) is 49.1 Å². The molecular formula is C17H28N4. The Morgan fingerprint density at radius 3 is 2.67 bits per heavy atom. The Bertz CT molecular complexity index is 496. The Balaban J connectivity index is 1.85. The maximum Gasteiger partial charge on any atom is 0.131 e. The van der Waals surface area contributed by atoms with Crippen molar-refractivity contribution in [2.24, 2.45) is 5.92 Å². The molecule has 0 aromatic carbocycles. The van der Waals surface area contributed by atoms with E-state index in [1.165, 1.54) is 30.6 Å². The minimum absolute atomic E-state index is 0.383. The molecule has 2 atom stereocenters. The number of aromatic nitrogens is 2. The van der Waals surface area contributed by atoms with Crippen LogP contribution in [0.15, 0.2) is 6.20 Å². The summed E-state index contributed by atoms with van der Waals surface area (Å²) in [6.07, 6.45) is 5.95. The van der Waals surface area contributed by atoms with Crippen LogP contribution in [0.2, 0.25) is 0 Å². The molecule has 0 radical (unpaired) electrons. The van der Waals surface area contributed by atoms with Crippen LogP contribution in [0.25, 0.3) is 0 Å². The van der Waals surface area contributed by atoms with E-state index < -0.39 is 0 Å². The largest absolute Gasteiger partial charge is 0.366 e. The van der Waals surface area contributed by atoms with Crippen LogP contribution in [0.4, 0.5) is 5.69 Å². The highest BCUT2D eigenvalue weighted by Gasteiger charge is 2.29. The molecule has 0 amide bonds. The fraction of sp³-hybridized carbons (Fsp3) is 0.765. The van der Waals surface area contributed by atoms with E-state index in [0.29, 0.717) is 18.0 Å². The summed E-state index contributed by atoms with van der Waals surface area (Å²) in [6, 6.07) is 1.30. The van der Waals surface area contributed by atoms with Gasteiger partial charge in [-0.3, -0.25) is 0 Å². The molecule has 0 bridgehead atoms. The van der Waals surface area contributed by atoms with E-state index in [1.807, 2.05) is 0 Å². The van der Waals surface area contributed by atoms with Crippen molar-refractivity contribution in [3.8, 4) is 0 Å². The van der Waals surface area contributed by atoms with Crippen molar-refractivity contribution in [1.82, 2.24) is 15.3 Å². The number of nitrogens with zero attached hydrogens (tertiary/aromatic N) is 3. The quantitative estimate of drug-likeness (QED) is 0.904. The van der Waals surface area contributed by atoms with Crippen molar-refractivity contribution in [1.29, 1.82) is 0 Å². The van der Waals surface area contributed by atoms with Crippen LogP contribution in [-0.2, 0) is 6.54 Å². The molecule has 1 aliphatic heterocycles. The molecule has 2 fully saturated rings. The van der Waals surface area contributed by atoms with E-state index in [1.54, 1.807) is 0 Å². The molecule has 4 nitrogen and oxygen atoms in total. The molecule has 4 heteroatoms. The molecule has 21 heavy (non-hydrogen) atoms. The Kier molecular flexibility index (Phi) is 4.16. The Labute approximate surface area is 128 Å². The zero-order valence-corrected chi connectivity index (χ0v) is 13.8. The number of nitrogens with one attached hydrogen (secondary N) is 1. The van der Waals surface area contributed by atoms with Crippen molar-refractivity contribution < 1.29 is 0 Å². The summed E-state index contributed by atoms with van der Waals surface area (Å²) < 4.78 is 0. The molecule has 1 saturated heterocycles. The third-order valence-electron chi connectivity index (χ3n) is 4.61. The van der Waals surface area contributed by atoms with Crippen LogP contribution < -0.4 is 10.2 Å². The third kappa shape index (κ3) is 3.37. The fourth-order valence-electron chi connectivity index (χ4n) is 3.24. The first-order chi connectivity index (χ1) is 10.0. The van der Waals surface area contributed by atoms with Crippen LogP contribution in [-0.4, -0.2) is 28.6 Å². The molecule has 2 heterocycles. The second-order valence-corrected chi connectivity index (χ2v) is 7.21. The average Bonchev–Trinajstić information content (AvgIpc) is 3.20. The van der Waals surface area contributed by atoms with E-state index in [4.69, 9.17) is 4.98 Å². The fourth-order valence-corrected chi connectivity index (χ4v) is 3.24. The zero-order valence-electron chi connectivity index (χ0n) is 13.8.